The zero-order chi connectivity index (χ0) is 15.4. The summed E-state index contributed by atoms with van der Waals surface area (Å²) in [5.41, 5.74) is 6.93. The molecule has 0 saturated carbocycles. The van der Waals surface area contributed by atoms with Gasteiger partial charge in [0.25, 0.3) is 5.91 Å². The van der Waals surface area contributed by atoms with Crippen molar-refractivity contribution in [3.05, 3.63) is 53.3 Å². The largest absolute Gasteiger partial charge is 0.453 e. The second kappa shape index (κ2) is 6.26. The van der Waals surface area contributed by atoms with Gasteiger partial charge in [-0.05, 0) is 37.6 Å². The SMILES string of the molecule is CCNC(=O)c1ccc(N)cc1Oc1cccc(C)c1F. The third-order valence-corrected chi connectivity index (χ3v) is 2.96. The van der Waals surface area contributed by atoms with Gasteiger partial charge in [-0.2, -0.15) is 0 Å². The molecule has 110 valence electrons. The lowest BCUT2D eigenvalue weighted by Crippen LogP contribution is -2.23. The number of benzene rings is 2. The van der Waals surface area contributed by atoms with Gasteiger partial charge in [0.15, 0.2) is 11.6 Å². The Labute approximate surface area is 122 Å². The summed E-state index contributed by atoms with van der Waals surface area (Å²) in [5, 5.41) is 2.68. The van der Waals surface area contributed by atoms with Gasteiger partial charge in [0.1, 0.15) is 5.75 Å². The number of nitrogens with one attached hydrogen (secondary N) is 1. The Balaban J connectivity index is 2.41. The van der Waals surface area contributed by atoms with Gasteiger partial charge in [0.2, 0.25) is 0 Å². The van der Waals surface area contributed by atoms with E-state index in [2.05, 4.69) is 5.32 Å². The summed E-state index contributed by atoms with van der Waals surface area (Å²) in [6.07, 6.45) is 0. The normalized spacial score (nSPS) is 10.2. The summed E-state index contributed by atoms with van der Waals surface area (Å²) >= 11 is 0. The van der Waals surface area contributed by atoms with Crippen molar-refractivity contribution in [3.63, 3.8) is 0 Å². The molecule has 0 aliphatic rings. The van der Waals surface area contributed by atoms with Crippen LogP contribution < -0.4 is 15.8 Å². The quantitative estimate of drug-likeness (QED) is 0.849. The van der Waals surface area contributed by atoms with Crippen molar-refractivity contribution in [2.75, 3.05) is 12.3 Å². The molecule has 0 bridgehead atoms. The van der Waals surface area contributed by atoms with Crippen molar-refractivity contribution in [2.24, 2.45) is 0 Å². The van der Waals surface area contributed by atoms with Crippen LogP contribution in [0.4, 0.5) is 10.1 Å². The van der Waals surface area contributed by atoms with E-state index in [0.717, 1.165) is 0 Å². The molecule has 2 aromatic carbocycles. The average molecular weight is 288 g/mol. The molecule has 0 radical (unpaired) electrons. The maximum Gasteiger partial charge on any atom is 0.255 e. The third kappa shape index (κ3) is 3.31. The molecule has 3 N–H and O–H groups in total. The van der Waals surface area contributed by atoms with E-state index in [0.29, 0.717) is 23.4 Å². The van der Waals surface area contributed by atoms with Crippen LogP contribution in [0.15, 0.2) is 36.4 Å². The van der Waals surface area contributed by atoms with Crippen LogP contribution in [0.25, 0.3) is 0 Å². The second-order valence-electron chi connectivity index (χ2n) is 4.60. The minimum atomic E-state index is -0.457. The summed E-state index contributed by atoms with van der Waals surface area (Å²) in [5.74, 6) is -0.459. The van der Waals surface area contributed by atoms with E-state index in [-0.39, 0.29) is 17.4 Å². The molecule has 1 amide bonds. The summed E-state index contributed by atoms with van der Waals surface area (Å²) in [4.78, 5) is 12.0. The number of nitrogens with two attached hydrogens (primary N) is 1. The topological polar surface area (TPSA) is 64.4 Å². The van der Waals surface area contributed by atoms with E-state index in [1.165, 1.54) is 12.1 Å². The lowest BCUT2D eigenvalue weighted by molar-refractivity contribution is 0.0953. The number of hydrogen-bond acceptors (Lipinski definition) is 3. The molecule has 0 fully saturated rings. The van der Waals surface area contributed by atoms with Gasteiger partial charge in [0, 0.05) is 18.3 Å². The van der Waals surface area contributed by atoms with Crippen LogP contribution in [0.2, 0.25) is 0 Å². The first kappa shape index (κ1) is 14.8. The molecule has 0 spiro atoms. The standard InChI is InChI=1S/C16H17FN2O2/c1-3-19-16(20)12-8-7-11(18)9-14(12)21-13-6-4-5-10(2)15(13)17/h4-9H,3,18H2,1-2H3,(H,19,20). The number of amides is 1. The van der Waals surface area contributed by atoms with E-state index >= 15 is 0 Å². The number of rotatable bonds is 4. The van der Waals surface area contributed by atoms with Crippen molar-refractivity contribution < 1.29 is 13.9 Å². The first-order valence-electron chi connectivity index (χ1n) is 6.63. The van der Waals surface area contributed by atoms with Crippen LogP contribution in [0.3, 0.4) is 0 Å². The van der Waals surface area contributed by atoms with Crippen LogP contribution in [0.1, 0.15) is 22.8 Å². The fraction of sp³-hybridized carbons (Fsp3) is 0.188. The Morgan fingerprint density at radius 3 is 2.76 bits per heavy atom. The highest BCUT2D eigenvalue weighted by Gasteiger charge is 2.15. The fourth-order valence-electron chi connectivity index (χ4n) is 1.88. The zero-order valence-electron chi connectivity index (χ0n) is 11.9. The van der Waals surface area contributed by atoms with Crippen LogP contribution in [0, 0.1) is 12.7 Å². The number of carbonyl (C=O) groups excluding carboxylic acids is 1. The molecule has 5 heteroatoms. The Hall–Kier alpha value is -2.56. The highest BCUT2D eigenvalue weighted by molar-refractivity contribution is 5.97. The fourth-order valence-corrected chi connectivity index (χ4v) is 1.88. The molecule has 0 aliphatic heterocycles. The molecule has 4 nitrogen and oxygen atoms in total. The summed E-state index contributed by atoms with van der Waals surface area (Å²) in [7, 11) is 0. The van der Waals surface area contributed by atoms with Crippen molar-refractivity contribution in [2.45, 2.75) is 13.8 Å². The smallest absolute Gasteiger partial charge is 0.255 e. The molecule has 0 atom stereocenters. The summed E-state index contributed by atoms with van der Waals surface area (Å²) in [6, 6.07) is 9.50. The number of halogens is 1. The van der Waals surface area contributed by atoms with Gasteiger partial charge in [-0.15, -0.1) is 0 Å². The molecule has 0 aliphatic carbocycles. The predicted molar refractivity (Wildman–Crippen MR) is 80.1 cm³/mol. The Morgan fingerprint density at radius 1 is 1.29 bits per heavy atom. The van der Waals surface area contributed by atoms with Crippen LogP contribution in [0.5, 0.6) is 11.5 Å². The molecule has 0 heterocycles. The van der Waals surface area contributed by atoms with Crippen molar-refractivity contribution in [1.82, 2.24) is 5.32 Å². The minimum absolute atomic E-state index is 0.0612. The number of carbonyl (C=O) groups is 1. The number of hydrogen-bond donors (Lipinski definition) is 2. The van der Waals surface area contributed by atoms with E-state index in [4.69, 9.17) is 10.5 Å². The Bertz CT molecular complexity index is 671. The number of aryl methyl sites for hydroxylation is 1. The Morgan fingerprint density at radius 2 is 2.05 bits per heavy atom. The first-order valence-corrected chi connectivity index (χ1v) is 6.63. The van der Waals surface area contributed by atoms with Crippen molar-refractivity contribution >= 4 is 11.6 Å². The lowest BCUT2D eigenvalue weighted by atomic mass is 10.1. The number of ether oxygens (including phenoxy) is 1. The molecule has 2 aromatic rings. The summed E-state index contributed by atoms with van der Waals surface area (Å²) in [6.45, 7) is 3.95. The number of nitrogen functional groups attached to an aromatic ring is 1. The molecule has 0 aromatic heterocycles. The number of anilines is 1. The molecular formula is C16H17FN2O2. The van der Waals surface area contributed by atoms with Gasteiger partial charge in [-0.25, -0.2) is 4.39 Å². The summed E-state index contributed by atoms with van der Waals surface area (Å²) < 4.78 is 19.6. The van der Waals surface area contributed by atoms with Crippen LogP contribution in [-0.4, -0.2) is 12.5 Å². The molecule has 0 unspecified atom stereocenters. The molecule has 21 heavy (non-hydrogen) atoms. The molecule has 2 rings (SSSR count). The van der Waals surface area contributed by atoms with Crippen molar-refractivity contribution in [1.29, 1.82) is 0 Å². The molecular weight excluding hydrogens is 271 g/mol. The van der Waals surface area contributed by atoms with Gasteiger partial charge >= 0.3 is 0 Å². The highest BCUT2D eigenvalue weighted by atomic mass is 19.1. The van der Waals surface area contributed by atoms with Crippen LogP contribution in [-0.2, 0) is 0 Å². The molecule has 0 saturated heterocycles. The Kier molecular flexibility index (Phi) is 4.42. The van der Waals surface area contributed by atoms with Crippen LogP contribution >= 0.6 is 0 Å². The van der Waals surface area contributed by atoms with Gasteiger partial charge in [0.05, 0.1) is 5.56 Å². The minimum Gasteiger partial charge on any atom is -0.453 e. The van der Waals surface area contributed by atoms with E-state index in [1.807, 2.05) is 6.92 Å². The monoisotopic (exact) mass is 288 g/mol. The van der Waals surface area contributed by atoms with Gasteiger partial charge in [-0.3, -0.25) is 4.79 Å². The van der Waals surface area contributed by atoms with E-state index in [1.54, 1.807) is 31.2 Å². The maximum atomic E-state index is 14.0. The van der Waals surface area contributed by atoms with E-state index < -0.39 is 5.82 Å². The highest BCUT2D eigenvalue weighted by Crippen LogP contribution is 2.30. The predicted octanol–water partition coefficient (Wildman–Crippen LogP) is 3.26. The first-order chi connectivity index (χ1) is 10.0. The lowest BCUT2D eigenvalue weighted by Gasteiger charge is -2.13. The third-order valence-electron chi connectivity index (χ3n) is 2.96. The second-order valence-corrected chi connectivity index (χ2v) is 4.60. The van der Waals surface area contributed by atoms with Gasteiger partial charge < -0.3 is 15.8 Å². The zero-order valence-corrected chi connectivity index (χ0v) is 11.9. The maximum absolute atomic E-state index is 14.0. The van der Waals surface area contributed by atoms with Gasteiger partial charge in [-0.1, -0.05) is 12.1 Å². The average Bonchev–Trinajstić information content (AvgIpc) is 2.44. The van der Waals surface area contributed by atoms with Crippen molar-refractivity contribution in [3.8, 4) is 11.5 Å². The van der Waals surface area contributed by atoms with E-state index in [9.17, 15) is 9.18 Å².